The highest BCUT2D eigenvalue weighted by Crippen LogP contribution is 2.45. The van der Waals surface area contributed by atoms with Gasteiger partial charge in [-0.25, -0.2) is 0 Å². The minimum absolute atomic E-state index is 0.879. The Morgan fingerprint density at radius 2 is 1.57 bits per heavy atom. The second-order valence-electron chi connectivity index (χ2n) is 7.83. The van der Waals surface area contributed by atoms with Crippen molar-refractivity contribution in [3.63, 3.8) is 0 Å². The van der Waals surface area contributed by atoms with Gasteiger partial charge in [-0.3, -0.25) is 0 Å². The van der Waals surface area contributed by atoms with Gasteiger partial charge in [0, 0.05) is 14.5 Å². The SMILES string of the molecule is OC1(c2cccc3c2ccc2ccccc23)C=C(Br)C=C2C=c3cc(Br)ccc3=C21. The van der Waals surface area contributed by atoms with Crippen molar-refractivity contribution in [3.8, 4) is 0 Å². The third-order valence-electron chi connectivity index (χ3n) is 6.10. The minimum Gasteiger partial charge on any atom is -0.377 e. The predicted molar refractivity (Wildman–Crippen MR) is 132 cm³/mol. The highest BCUT2D eigenvalue weighted by Gasteiger charge is 2.39. The maximum Gasteiger partial charge on any atom is 0.136 e. The van der Waals surface area contributed by atoms with Crippen LogP contribution in [0.25, 0.3) is 33.2 Å². The van der Waals surface area contributed by atoms with Gasteiger partial charge in [-0.1, -0.05) is 92.5 Å². The Balaban J connectivity index is 1.73. The molecule has 0 radical (unpaired) electrons. The average Bonchev–Trinajstić information content (AvgIpc) is 3.10. The molecule has 0 spiro atoms. The van der Waals surface area contributed by atoms with E-state index < -0.39 is 5.60 Å². The van der Waals surface area contributed by atoms with Crippen LogP contribution in [-0.4, -0.2) is 5.11 Å². The van der Waals surface area contributed by atoms with Crippen molar-refractivity contribution in [2.45, 2.75) is 5.60 Å². The van der Waals surface area contributed by atoms with Gasteiger partial charge < -0.3 is 5.11 Å². The standard InChI is InChI=1S/C27H16Br2O/c28-19-9-11-22-17(13-19)12-18-14-20(29)15-27(30,26(18)22)25-7-3-6-23-21-5-2-1-4-16(21)8-10-24(23)25/h1-15,30H. The highest BCUT2D eigenvalue weighted by atomic mass is 79.9. The molecule has 1 unspecified atom stereocenters. The van der Waals surface area contributed by atoms with Crippen LogP contribution in [0, 0.1) is 0 Å². The lowest BCUT2D eigenvalue weighted by molar-refractivity contribution is 0.154. The van der Waals surface area contributed by atoms with Crippen LogP contribution in [0.2, 0.25) is 0 Å². The Bertz CT molecular complexity index is 1580. The van der Waals surface area contributed by atoms with E-state index in [1.807, 2.05) is 24.3 Å². The highest BCUT2D eigenvalue weighted by molar-refractivity contribution is 9.12. The number of hydrogen-bond acceptors (Lipinski definition) is 1. The molecule has 2 aliphatic carbocycles. The van der Waals surface area contributed by atoms with Gasteiger partial charge in [0.2, 0.25) is 0 Å². The molecule has 1 N–H and O–H groups in total. The fourth-order valence-corrected chi connectivity index (χ4v) is 5.82. The van der Waals surface area contributed by atoms with E-state index in [9.17, 15) is 5.11 Å². The summed E-state index contributed by atoms with van der Waals surface area (Å²) in [5.74, 6) is 0. The molecule has 0 bridgehead atoms. The molecule has 4 aromatic rings. The third-order valence-corrected chi connectivity index (χ3v) is 7.05. The van der Waals surface area contributed by atoms with Crippen molar-refractivity contribution in [1.29, 1.82) is 0 Å². The van der Waals surface area contributed by atoms with Crippen LogP contribution in [0.3, 0.4) is 0 Å². The molecular weight excluding hydrogens is 500 g/mol. The van der Waals surface area contributed by atoms with Crippen LogP contribution in [-0.2, 0) is 5.60 Å². The maximum atomic E-state index is 12.3. The number of rotatable bonds is 1. The molecule has 4 aromatic carbocycles. The van der Waals surface area contributed by atoms with Crippen LogP contribution in [0.5, 0.6) is 0 Å². The van der Waals surface area contributed by atoms with E-state index in [0.717, 1.165) is 46.9 Å². The number of aliphatic hydroxyl groups is 1. The van der Waals surface area contributed by atoms with Crippen LogP contribution in [0.4, 0.5) is 0 Å². The second kappa shape index (κ2) is 6.52. The zero-order chi connectivity index (χ0) is 20.5. The van der Waals surface area contributed by atoms with Crippen molar-refractivity contribution in [2.24, 2.45) is 0 Å². The summed E-state index contributed by atoms with van der Waals surface area (Å²) < 4.78 is 1.91. The van der Waals surface area contributed by atoms with E-state index in [-0.39, 0.29) is 0 Å². The molecular formula is C27H16Br2O. The molecule has 30 heavy (non-hydrogen) atoms. The lowest BCUT2D eigenvalue weighted by Gasteiger charge is -2.32. The van der Waals surface area contributed by atoms with Crippen molar-refractivity contribution in [2.75, 3.05) is 0 Å². The third kappa shape index (κ3) is 2.56. The topological polar surface area (TPSA) is 20.2 Å². The molecule has 0 heterocycles. The molecule has 0 aliphatic heterocycles. The molecule has 2 aliphatic rings. The molecule has 0 amide bonds. The number of benzene rings is 4. The number of allylic oxidation sites excluding steroid dienone is 2. The van der Waals surface area contributed by atoms with Crippen LogP contribution in [0.15, 0.2) is 99.5 Å². The Labute approximate surface area is 190 Å². The van der Waals surface area contributed by atoms with Crippen LogP contribution in [0.1, 0.15) is 5.56 Å². The number of hydrogen-bond donors (Lipinski definition) is 1. The Morgan fingerprint density at radius 3 is 2.47 bits per heavy atom. The molecule has 6 rings (SSSR count). The molecule has 1 atom stereocenters. The van der Waals surface area contributed by atoms with E-state index in [0.29, 0.717) is 0 Å². The van der Waals surface area contributed by atoms with Crippen LogP contribution >= 0.6 is 31.9 Å². The van der Waals surface area contributed by atoms with E-state index >= 15 is 0 Å². The van der Waals surface area contributed by atoms with Gasteiger partial charge >= 0.3 is 0 Å². The predicted octanol–water partition coefficient (Wildman–Crippen LogP) is 5.81. The fourth-order valence-electron chi connectivity index (χ4n) is 4.86. The summed E-state index contributed by atoms with van der Waals surface area (Å²) in [5, 5.41) is 19.1. The second-order valence-corrected chi connectivity index (χ2v) is 9.66. The van der Waals surface area contributed by atoms with Gasteiger partial charge in [-0.05, 0) is 73.5 Å². The first-order chi connectivity index (χ1) is 14.5. The largest absolute Gasteiger partial charge is 0.377 e. The van der Waals surface area contributed by atoms with Gasteiger partial charge in [-0.2, -0.15) is 0 Å². The summed E-state index contributed by atoms with van der Waals surface area (Å²) in [7, 11) is 0. The van der Waals surface area contributed by atoms with Crippen molar-refractivity contribution in [1.82, 2.24) is 0 Å². The summed E-state index contributed by atoms with van der Waals surface area (Å²) in [6.07, 6.45) is 6.15. The molecule has 1 nitrogen and oxygen atoms in total. The van der Waals surface area contributed by atoms with E-state index in [1.165, 1.54) is 10.8 Å². The summed E-state index contributed by atoms with van der Waals surface area (Å²) in [6, 6.07) is 25.1. The van der Waals surface area contributed by atoms with Crippen LogP contribution < -0.4 is 10.4 Å². The lowest BCUT2D eigenvalue weighted by Crippen LogP contribution is -2.34. The van der Waals surface area contributed by atoms with Crippen molar-refractivity contribution >= 4 is 65.1 Å². The molecule has 0 aromatic heterocycles. The normalized spacial score (nSPS) is 19.9. The number of fused-ring (bicyclic) bond motifs is 5. The first-order valence-electron chi connectivity index (χ1n) is 9.80. The quantitative estimate of drug-likeness (QED) is 0.317. The lowest BCUT2D eigenvalue weighted by atomic mass is 9.77. The van der Waals surface area contributed by atoms with Gasteiger partial charge in [0.1, 0.15) is 5.60 Å². The van der Waals surface area contributed by atoms with E-state index in [1.54, 1.807) is 0 Å². The Hall–Kier alpha value is -2.46. The summed E-state index contributed by atoms with van der Waals surface area (Å²) in [4.78, 5) is 0. The molecule has 144 valence electrons. The molecule has 0 fully saturated rings. The smallest absolute Gasteiger partial charge is 0.136 e. The first kappa shape index (κ1) is 18.3. The zero-order valence-electron chi connectivity index (χ0n) is 15.9. The maximum absolute atomic E-state index is 12.3. The average molecular weight is 516 g/mol. The van der Waals surface area contributed by atoms with Gasteiger partial charge in [0.15, 0.2) is 0 Å². The summed E-state index contributed by atoms with van der Waals surface area (Å²) in [5.41, 5.74) is 1.64. The van der Waals surface area contributed by atoms with Gasteiger partial charge in [0.05, 0.1) is 0 Å². The van der Waals surface area contributed by atoms with Gasteiger partial charge in [0.25, 0.3) is 0 Å². The monoisotopic (exact) mass is 514 g/mol. The molecule has 0 saturated carbocycles. The van der Waals surface area contributed by atoms with Gasteiger partial charge in [-0.15, -0.1) is 0 Å². The minimum atomic E-state index is -1.24. The molecule has 0 saturated heterocycles. The van der Waals surface area contributed by atoms with Crippen molar-refractivity contribution < 1.29 is 5.11 Å². The molecule has 3 heteroatoms. The van der Waals surface area contributed by atoms with Crippen molar-refractivity contribution in [3.05, 3.63) is 115 Å². The Morgan fingerprint density at radius 1 is 0.733 bits per heavy atom. The zero-order valence-corrected chi connectivity index (χ0v) is 19.0. The summed E-state index contributed by atoms with van der Waals surface area (Å²) in [6.45, 7) is 0. The summed E-state index contributed by atoms with van der Waals surface area (Å²) >= 11 is 7.21. The Kier molecular flexibility index (Phi) is 3.98. The van der Waals surface area contributed by atoms with E-state index in [2.05, 4.69) is 98.6 Å². The number of halogens is 2. The van der Waals surface area contributed by atoms with E-state index in [4.69, 9.17) is 0 Å². The first-order valence-corrected chi connectivity index (χ1v) is 11.4. The fraction of sp³-hybridized carbons (Fsp3) is 0.0370.